The van der Waals surface area contributed by atoms with E-state index in [1.165, 1.54) is 11.1 Å². The van der Waals surface area contributed by atoms with E-state index in [9.17, 15) is 9.59 Å². The van der Waals surface area contributed by atoms with E-state index in [0.717, 1.165) is 62.9 Å². The number of hydrogen-bond acceptors (Lipinski definition) is 3. The summed E-state index contributed by atoms with van der Waals surface area (Å²) in [7, 11) is 0. The first kappa shape index (κ1) is 20.7. The van der Waals surface area contributed by atoms with Gasteiger partial charge in [0.05, 0.1) is 23.7 Å². The van der Waals surface area contributed by atoms with Crippen molar-refractivity contribution in [3.8, 4) is 0 Å². The van der Waals surface area contributed by atoms with Crippen molar-refractivity contribution in [3.63, 3.8) is 0 Å². The molecule has 0 N–H and O–H groups in total. The fraction of sp³-hybridized carbons (Fsp3) is 0.423. The van der Waals surface area contributed by atoms with Crippen LogP contribution in [0.5, 0.6) is 0 Å². The molecular formula is C26H30N4O2. The Hall–Kier alpha value is -3.15. The van der Waals surface area contributed by atoms with Gasteiger partial charge in [0.1, 0.15) is 0 Å². The summed E-state index contributed by atoms with van der Waals surface area (Å²) >= 11 is 0. The maximum Gasteiger partial charge on any atom is 0.257 e. The zero-order valence-corrected chi connectivity index (χ0v) is 18.7. The van der Waals surface area contributed by atoms with Gasteiger partial charge in [-0.15, -0.1) is 0 Å². The van der Waals surface area contributed by atoms with E-state index in [1.54, 1.807) is 10.7 Å². The van der Waals surface area contributed by atoms with Crippen LogP contribution < -0.4 is 0 Å². The van der Waals surface area contributed by atoms with E-state index in [2.05, 4.69) is 30.2 Å². The zero-order chi connectivity index (χ0) is 22.1. The molecule has 0 unspecified atom stereocenters. The molecule has 0 radical (unpaired) electrons. The summed E-state index contributed by atoms with van der Waals surface area (Å²) in [6.07, 6.45) is 8.18. The first-order chi connectivity index (χ1) is 15.6. The summed E-state index contributed by atoms with van der Waals surface area (Å²) in [5, 5.41) is 4.40. The number of hydrogen-bond donors (Lipinski definition) is 0. The van der Waals surface area contributed by atoms with Gasteiger partial charge in [-0.3, -0.25) is 9.59 Å². The van der Waals surface area contributed by atoms with Crippen LogP contribution in [0.3, 0.4) is 0 Å². The van der Waals surface area contributed by atoms with Gasteiger partial charge in [-0.1, -0.05) is 24.3 Å². The summed E-state index contributed by atoms with van der Waals surface area (Å²) in [6, 6.07) is 12.4. The molecule has 6 nitrogen and oxygen atoms in total. The van der Waals surface area contributed by atoms with Crippen LogP contribution in [0.2, 0.25) is 0 Å². The van der Waals surface area contributed by atoms with Crippen LogP contribution in [0.15, 0.2) is 48.8 Å². The lowest BCUT2D eigenvalue weighted by Gasteiger charge is -2.32. The second-order valence-corrected chi connectivity index (χ2v) is 9.11. The summed E-state index contributed by atoms with van der Waals surface area (Å²) in [5.74, 6) is 0.695. The molecular weight excluding hydrogens is 400 g/mol. The van der Waals surface area contributed by atoms with Crippen LogP contribution >= 0.6 is 0 Å². The number of benzene rings is 1. The molecule has 2 aliphatic rings. The molecule has 3 aromatic rings. The molecule has 2 amide bonds. The van der Waals surface area contributed by atoms with Crippen molar-refractivity contribution in [1.29, 1.82) is 0 Å². The van der Waals surface area contributed by atoms with Crippen LogP contribution in [0.1, 0.15) is 58.6 Å². The second kappa shape index (κ2) is 8.77. The van der Waals surface area contributed by atoms with Crippen molar-refractivity contribution in [2.24, 2.45) is 0 Å². The number of aromatic nitrogens is 2. The molecule has 2 aromatic heterocycles. The minimum absolute atomic E-state index is 0.0891. The number of rotatable bonds is 4. The van der Waals surface area contributed by atoms with Crippen molar-refractivity contribution < 1.29 is 9.59 Å². The van der Waals surface area contributed by atoms with Crippen LogP contribution in [0.4, 0.5) is 0 Å². The van der Waals surface area contributed by atoms with Gasteiger partial charge < -0.3 is 9.80 Å². The molecule has 2 saturated heterocycles. The number of likely N-dealkylation sites (tertiary alicyclic amines) is 2. The Morgan fingerprint density at radius 2 is 1.75 bits per heavy atom. The number of pyridine rings is 1. The quantitative estimate of drug-likeness (QED) is 0.632. The maximum absolute atomic E-state index is 12.9. The molecule has 32 heavy (non-hydrogen) atoms. The number of carbonyl (C=O) groups excluding carboxylic acids is 2. The number of piperidine rings is 1. The monoisotopic (exact) mass is 430 g/mol. The minimum Gasteiger partial charge on any atom is -0.342 e. The largest absolute Gasteiger partial charge is 0.342 e. The van der Waals surface area contributed by atoms with Crippen molar-refractivity contribution >= 4 is 17.3 Å². The Bertz CT molecular complexity index is 1140. The van der Waals surface area contributed by atoms with Crippen LogP contribution in [0, 0.1) is 6.92 Å². The highest BCUT2D eigenvalue weighted by Crippen LogP contribution is 2.30. The molecule has 0 aliphatic carbocycles. The Kier molecular flexibility index (Phi) is 5.68. The maximum atomic E-state index is 12.9. The van der Waals surface area contributed by atoms with E-state index in [-0.39, 0.29) is 11.8 Å². The molecule has 0 spiro atoms. The van der Waals surface area contributed by atoms with E-state index in [0.29, 0.717) is 17.9 Å². The topological polar surface area (TPSA) is 57.9 Å². The normalized spacial score (nSPS) is 17.3. The standard InChI is InChI=1S/C26H30N4O2/c1-19-6-2-3-7-21(19)17-25(31)28-13-8-20(9-14-28)22-10-15-30-24(16-22)23(18-27-30)26(32)29-11-4-5-12-29/h2-3,6-7,10,15-16,18,20H,4-5,8-9,11-14,17H2,1H3. The molecule has 1 aromatic carbocycles. The van der Waals surface area contributed by atoms with Crippen LogP contribution in [0.25, 0.3) is 5.52 Å². The SMILES string of the molecule is Cc1ccccc1CC(=O)N1CCC(c2ccn3ncc(C(=O)N4CCCC4)c3c2)CC1. The van der Waals surface area contributed by atoms with E-state index in [4.69, 9.17) is 0 Å². The highest BCUT2D eigenvalue weighted by molar-refractivity contribution is 6.00. The summed E-state index contributed by atoms with van der Waals surface area (Å²) < 4.78 is 1.80. The average molecular weight is 431 g/mol. The van der Waals surface area contributed by atoms with Crippen LogP contribution in [-0.4, -0.2) is 57.4 Å². The molecule has 0 saturated carbocycles. The third kappa shape index (κ3) is 4.01. The molecule has 166 valence electrons. The first-order valence-corrected chi connectivity index (χ1v) is 11.7. The predicted molar refractivity (Wildman–Crippen MR) is 124 cm³/mol. The van der Waals surface area contributed by atoms with Gasteiger partial charge in [-0.05, 0) is 67.3 Å². The van der Waals surface area contributed by atoms with Gasteiger partial charge in [0.25, 0.3) is 5.91 Å². The number of fused-ring (bicyclic) bond motifs is 1. The molecule has 2 fully saturated rings. The smallest absolute Gasteiger partial charge is 0.257 e. The Morgan fingerprint density at radius 1 is 1.00 bits per heavy atom. The van der Waals surface area contributed by atoms with Gasteiger partial charge in [0.15, 0.2) is 0 Å². The molecule has 0 bridgehead atoms. The highest BCUT2D eigenvalue weighted by atomic mass is 16.2. The Morgan fingerprint density at radius 3 is 2.50 bits per heavy atom. The lowest BCUT2D eigenvalue weighted by atomic mass is 9.89. The van der Waals surface area contributed by atoms with Gasteiger partial charge in [0.2, 0.25) is 5.91 Å². The van der Waals surface area contributed by atoms with Gasteiger partial charge in [-0.25, -0.2) is 4.52 Å². The summed E-state index contributed by atoms with van der Waals surface area (Å²) in [4.78, 5) is 29.7. The third-order valence-electron chi connectivity index (χ3n) is 7.09. The molecule has 0 atom stereocenters. The third-order valence-corrected chi connectivity index (χ3v) is 7.09. The number of carbonyl (C=O) groups is 2. The molecule has 6 heteroatoms. The van der Waals surface area contributed by atoms with Gasteiger partial charge >= 0.3 is 0 Å². The lowest BCUT2D eigenvalue weighted by molar-refractivity contribution is -0.131. The molecule has 5 rings (SSSR count). The highest BCUT2D eigenvalue weighted by Gasteiger charge is 2.26. The van der Waals surface area contributed by atoms with E-state index < -0.39 is 0 Å². The predicted octanol–water partition coefficient (Wildman–Crippen LogP) is 3.83. The van der Waals surface area contributed by atoms with Crippen molar-refractivity contribution in [1.82, 2.24) is 19.4 Å². The molecule has 4 heterocycles. The van der Waals surface area contributed by atoms with Crippen molar-refractivity contribution in [2.75, 3.05) is 26.2 Å². The summed E-state index contributed by atoms with van der Waals surface area (Å²) in [6.45, 7) is 5.29. The van der Waals surface area contributed by atoms with Gasteiger partial charge in [0, 0.05) is 32.4 Å². The zero-order valence-electron chi connectivity index (χ0n) is 18.7. The fourth-order valence-electron chi connectivity index (χ4n) is 5.05. The molecule has 2 aliphatic heterocycles. The summed E-state index contributed by atoms with van der Waals surface area (Å²) in [5.41, 5.74) is 5.10. The Balaban J connectivity index is 1.26. The lowest BCUT2D eigenvalue weighted by Crippen LogP contribution is -2.38. The first-order valence-electron chi connectivity index (χ1n) is 11.7. The second-order valence-electron chi connectivity index (χ2n) is 9.11. The van der Waals surface area contributed by atoms with Crippen molar-refractivity contribution in [2.45, 2.75) is 44.9 Å². The number of amides is 2. The average Bonchev–Trinajstić information content (AvgIpc) is 3.50. The number of nitrogens with zero attached hydrogens (tertiary/aromatic N) is 4. The van der Waals surface area contributed by atoms with Gasteiger partial charge in [-0.2, -0.15) is 5.10 Å². The van der Waals surface area contributed by atoms with Crippen LogP contribution in [-0.2, 0) is 11.2 Å². The van der Waals surface area contributed by atoms with E-state index >= 15 is 0 Å². The van der Waals surface area contributed by atoms with E-state index in [1.807, 2.05) is 34.2 Å². The Labute approximate surface area is 188 Å². The fourth-order valence-corrected chi connectivity index (χ4v) is 5.05. The minimum atomic E-state index is 0.0891. The number of aryl methyl sites for hydroxylation is 1. The van der Waals surface area contributed by atoms with Crippen molar-refractivity contribution in [3.05, 3.63) is 71.0 Å².